The van der Waals surface area contributed by atoms with Gasteiger partial charge in [0, 0.05) is 5.69 Å². The second-order valence-electron chi connectivity index (χ2n) is 9.05. The molecule has 2 aliphatic rings. The zero-order valence-corrected chi connectivity index (χ0v) is 19.1. The summed E-state index contributed by atoms with van der Waals surface area (Å²) in [5.74, 6) is 4.67. The van der Waals surface area contributed by atoms with Gasteiger partial charge in [-0.25, -0.2) is 4.39 Å². The number of aromatic nitrogens is 2. The van der Waals surface area contributed by atoms with E-state index in [4.69, 9.17) is 5.73 Å². The highest BCUT2D eigenvalue weighted by Gasteiger charge is 2.38. The van der Waals surface area contributed by atoms with Gasteiger partial charge in [-0.3, -0.25) is 9.69 Å². The molecule has 2 heterocycles. The van der Waals surface area contributed by atoms with Crippen LogP contribution in [0.2, 0.25) is 0 Å². The number of nitrogen functional groups attached to an aromatic ring is 1. The van der Waals surface area contributed by atoms with Crippen LogP contribution in [0.3, 0.4) is 0 Å². The van der Waals surface area contributed by atoms with E-state index in [0.717, 1.165) is 18.9 Å². The van der Waals surface area contributed by atoms with Crippen molar-refractivity contribution in [2.45, 2.75) is 43.7 Å². The molecule has 9 heteroatoms. The first-order valence-corrected chi connectivity index (χ1v) is 11.6. The molecule has 184 valence electrons. The van der Waals surface area contributed by atoms with E-state index in [-0.39, 0.29) is 24.2 Å². The second-order valence-corrected chi connectivity index (χ2v) is 9.05. The predicted octanol–water partition coefficient (Wildman–Crippen LogP) is 5.21. The van der Waals surface area contributed by atoms with E-state index in [0.29, 0.717) is 40.9 Å². The molecule has 0 saturated heterocycles. The molecule has 2 N–H and O–H groups in total. The lowest BCUT2D eigenvalue weighted by Crippen LogP contribution is -2.35. The van der Waals surface area contributed by atoms with Crippen molar-refractivity contribution in [1.82, 2.24) is 10.2 Å². The highest BCUT2D eigenvalue weighted by atomic mass is 19.4. The third kappa shape index (κ3) is 4.89. The summed E-state index contributed by atoms with van der Waals surface area (Å²) in [5, 5.41) is 7.64. The number of rotatable bonds is 3. The van der Waals surface area contributed by atoms with Crippen LogP contribution in [0.4, 0.5) is 29.1 Å². The summed E-state index contributed by atoms with van der Waals surface area (Å²) < 4.78 is 54.3. The van der Waals surface area contributed by atoms with Crippen LogP contribution in [0.1, 0.15) is 59.0 Å². The van der Waals surface area contributed by atoms with Crippen molar-refractivity contribution < 1.29 is 22.4 Å². The summed E-state index contributed by atoms with van der Waals surface area (Å²) >= 11 is 0. The number of hydrogen-bond donors (Lipinski definition) is 1. The molecule has 1 fully saturated rings. The molecule has 1 amide bonds. The van der Waals surface area contributed by atoms with Gasteiger partial charge in [-0.05, 0) is 96.7 Å². The molecule has 1 atom stereocenters. The normalized spacial score (nSPS) is 17.7. The minimum absolute atomic E-state index is 0.000577. The third-order valence-corrected chi connectivity index (χ3v) is 6.54. The minimum atomic E-state index is -4.46. The van der Waals surface area contributed by atoms with E-state index in [1.54, 1.807) is 18.2 Å². The van der Waals surface area contributed by atoms with Gasteiger partial charge in [-0.1, -0.05) is 12.0 Å². The standard InChI is InChI=1S/C27H22F4N4O/c28-19-7-11-24-17(14-19)5-9-22(21-10-6-18(27(29,30)31)15-23(21)16-3-4-16)26(36)35(24)13-1-2-20-8-12-25(32)34-33-20/h6-8,10-12,14-16,22H,3-5,9,13H2,(H2,32,34). The van der Waals surface area contributed by atoms with Crippen LogP contribution in [0.15, 0.2) is 48.5 Å². The van der Waals surface area contributed by atoms with Crippen LogP contribution in [0.5, 0.6) is 0 Å². The number of aryl methyl sites for hydroxylation is 1. The smallest absolute Gasteiger partial charge is 0.382 e. The van der Waals surface area contributed by atoms with Gasteiger partial charge in [0.1, 0.15) is 17.3 Å². The van der Waals surface area contributed by atoms with Crippen molar-refractivity contribution in [3.05, 3.63) is 82.3 Å². The van der Waals surface area contributed by atoms with Crippen LogP contribution in [0, 0.1) is 17.7 Å². The fourth-order valence-electron chi connectivity index (χ4n) is 4.63. The minimum Gasteiger partial charge on any atom is -0.382 e. The van der Waals surface area contributed by atoms with Gasteiger partial charge in [0.15, 0.2) is 0 Å². The Labute approximate surface area is 205 Å². The van der Waals surface area contributed by atoms with Crippen molar-refractivity contribution in [3.8, 4) is 11.8 Å². The maximum atomic E-state index is 14.0. The van der Waals surface area contributed by atoms with E-state index in [9.17, 15) is 22.4 Å². The van der Waals surface area contributed by atoms with Crippen LogP contribution in [-0.2, 0) is 17.4 Å². The number of benzene rings is 2. The monoisotopic (exact) mass is 494 g/mol. The zero-order chi connectivity index (χ0) is 25.4. The first-order chi connectivity index (χ1) is 17.2. The van der Waals surface area contributed by atoms with E-state index in [2.05, 4.69) is 22.0 Å². The van der Waals surface area contributed by atoms with Gasteiger partial charge >= 0.3 is 6.18 Å². The van der Waals surface area contributed by atoms with Gasteiger partial charge in [-0.2, -0.15) is 13.2 Å². The van der Waals surface area contributed by atoms with Gasteiger partial charge in [0.05, 0.1) is 18.0 Å². The van der Waals surface area contributed by atoms with Gasteiger partial charge in [0.2, 0.25) is 5.91 Å². The molecule has 0 radical (unpaired) electrons. The second kappa shape index (κ2) is 9.26. The van der Waals surface area contributed by atoms with Crippen LogP contribution < -0.4 is 10.6 Å². The lowest BCUT2D eigenvalue weighted by molar-refractivity contribution is -0.137. The number of carbonyl (C=O) groups excluding carboxylic acids is 1. The van der Waals surface area contributed by atoms with Crippen LogP contribution in [-0.4, -0.2) is 22.6 Å². The molecule has 0 spiro atoms. The third-order valence-electron chi connectivity index (χ3n) is 6.54. The van der Waals surface area contributed by atoms with E-state index < -0.39 is 23.5 Å². The summed E-state index contributed by atoms with van der Waals surface area (Å²) in [4.78, 5) is 15.3. The Morgan fingerprint density at radius 3 is 2.50 bits per heavy atom. The van der Waals surface area contributed by atoms with Crippen molar-refractivity contribution in [2.24, 2.45) is 0 Å². The molecule has 36 heavy (non-hydrogen) atoms. The predicted molar refractivity (Wildman–Crippen MR) is 127 cm³/mol. The van der Waals surface area contributed by atoms with E-state index >= 15 is 0 Å². The molecule has 5 nitrogen and oxygen atoms in total. The van der Waals surface area contributed by atoms with Crippen molar-refractivity contribution in [3.63, 3.8) is 0 Å². The van der Waals surface area contributed by atoms with E-state index in [1.165, 1.54) is 29.2 Å². The first kappa shape index (κ1) is 23.8. The van der Waals surface area contributed by atoms with Crippen molar-refractivity contribution >= 4 is 17.4 Å². The average molecular weight is 494 g/mol. The number of nitrogens with zero attached hydrogens (tertiary/aromatic N) is 3. The average Bonchev–Trinajstić information content (AvgIpc) is 3.69. The molecule has 1 aromatic heterocycles. The SMILES string of the molecule is Nc1ccc(C#CCN2C(=O)C(c3ccc(C(F)(F)F)cc3C3CC3)CCc3cc(F)ccc32)nn1. The molecule has 5 rings (SSSR count). The number of alkyl halides is 3. The Morgan fingerprint density at radius 1 is 1.00 bits per heavy atom. The molecular weight excluding hydrogens is 472 g/mol. The molecule has 1 aliphatic carbocycles. The summed E-state index contributed by atoms with van der Waals surface area (Å²) in [7, 11) is 0. The lowest BCUT2D eigenvalue weighted by atomic mass is 9.86. The quantitative estimate of drug-likeness (QED) is 0.401. The Balaban J connectivity index is 1.52. The molecule has 2 aromatic carbocycles. The van der Waals surface area contributed by atoms with Gasteiger partial charge in [0.25, 0.3) is 0 Å². The van der Waals surface area contributed by atoms with Crippen LogP contribution >= 0.6 is 0 Å². The summed E-state index contributed by atoms with van der Waals surface area (Å²) in [6.07, 6.45) is -2.12. The Kier molecular flexibility index (Phi) is 6.12. The van der Waals surface area contributed by atoms with Crippen molar-refractivity contribution in [1.29, 1.82) is 0 Å². The highest BCUT2D eigenvalue weighted by molar-refractivity contribution is 6.00. The number of fused-ring (bicyclic) bond motifs is 1. The Morgan fingerprint density at radius 2 is 1.81 bits per heavy atom. The number of carbonyl (C=O) groups is 1. The number of amides is 1. The fourth-order valence-corrected chi connectivity index (χ4v) is 4.63. The first-order valence-electron chi connectivity index (χ1n) is 11.6. The fraction of sp³-hybridized carbons (Fsp3) is 0.296. The highest BCUT2D eigenvalue weighted by Crippen LogP contribution is 2.47. The molecule has 1 unspecified atom stereocenters. The van der Waals surface area contributed by atoms with E-state index in [1.807, 2.05) is 0 Å². The number of nitrogens with two attached hydrogens (primary N) is 1. The lowest BCUT2D eigenvalue weighted by Gasteiger charge is -2.26. The van der Waals surface area contributed by atoms with Crippen molar-refractivity contribution in [2.75, 3.05) is 17.2 Å². The maximum absolute atomic E-state index is 14.0. The Bertz CT molecular complexity index is 1370. The maximum Gasteiger partial charge on any atom is 0.416 e. The molecule has 3 aromatic rings. The molecule has 0 bridgehead atoms. The zero-order valence-electron chi connectivity index (χ0n) is 19.1. The molecule has 1 aliphatic heterocycles. The number of halogens is 4. The Hall–Kier alpha value is -3.93. The summed E-state index contributed by atoms with van der Waals surface area (Å²) in [6.45, 7) is -0.000577. The van der Waals surface area contributed by atoms with Gasteiger partial charge in [-0.15, -0.1) is 10.2 Å². The number of anilines is 2. The molecular formula is C27H22F4N4O. The van der Waals surface area contributed by atoms with Crippen LogP contribution in [0.25, 0.3) is 0 Å². The largest absolute Gasteiger partial charge is 0.416 e. The summed E-state index contributed by atoms with van der Waals surface area (Å²) in [5.41, 5.74) is 7.58. The molecule has 1 saturated carbocycles. The van der Waals surface area contributed by atoms with Gasteiger partial charge < -0.3 is 5.73 Å². The topological polar surface area (TPSA) is 72.1 Å². The number of hydrogen-bond acceptors (Lipinski definition) is 4. The summed E-state index contributed by atoms with van der Waals surface area (Å²) in [6, 6.07) is 11.0.